The minimum absolute atomic E-state index is 0. The number of carbonyl (C=O) groups is 6. The molecule has 0 atom stereocenters. The molecule has 54 heavy (non-hydrogen) atoms. The first-order valence-electron chi connectivity index (χ1n) is 16.0. The van der Waals surface area contributed by atoms with Crippen LogP contribution in [0.4, 0.5) is 0 Å². The van der Waals surface area contributed by atoms with Gasteiger partial charge >= 0.3 is 29.8 Å². The summed E-state index contributed by atoms with van der Waals surface area (Å²) in [4.78, 5) is 63.8. The number of carboxylic acids is 3. The largest absolute Gasteiger partial charge is 0.480 e. The number of benzene rings is 2. The Morgan fingerprint density at radius 1 is 0.500 bits per heavy atom. The highest BCUT2D eigenvalue weighted by molar-refractivity contribution is 5.85. The smallest absolute Gasteiger partial charge is 0.329 e. The van der Waals surface area contributed by atoms with Crippen molar-refractivity contribution in [2.24, 2.45) is 5.73 Å². The molecular weight excluding hydrogens is 744 g/mol. The molecule has 0 aromatic heterocycles. The van der Waals surface area contributed by atoms with Crippen LogP contribution < -0.4 is 11.1 Å². The predicted molar refractivity (Wildman–Crippen MR) is 190 cm³/mol. The van der Waals surface area contributed by atoms with Crippen LogP contribution >= 0.6 is 12.4 Å². The number of carboxylic acid groups (broad SMARTS) is 3. The number of esters is 2. The Morgan fingerprint density at radius 2 is 0.833 bits per heavy atom. The fourth-order valence-corrected chi connectivity index (χ4v) is 3.13. The summed E-state index contributed by atoms with van der Waals surface area (Å²) in [5.74, 6) is -4.44. The number of nitrogens with one attached hydrogen (secondary N) is 1. The molecule has 2 aromatic rings. The standard InChI is InChI=1S/C17H23NO8.C9H11NO2.C8H14O7.ClH/c19-15(12-24-8-6-23-7-9-25-13-16(20)21)18-10-17(22)26-11-14-4-2-1-3-5-14;10-6-9(11)12-7-8-4-2-1-3-5-8;9-7(10)5-14-3-1-13-2-4-15-6-8(11)12;/h1-5H,6-13H2,(H,18,19)(H,20,21);1-5H,6-7,10H2;1-6H2,(H,9,10)(H,11,12);1H. The van der Waals surface area contributed by atoms with Crippen LogP contribution in [0.1, 0.15) is 11.1 Å². The summed E-state index contributed by atoms with van der Waals surface area (Å²) in [6.07, 6.45) is 0. The van der Waals surface area contributed by atoms with Crippen LogP contribution in [0.5, 0.6) is 0 Å². The number of nitrogens with two attached hydrogens (primary N) is 1. The van der Waals surface area contributed by atoms with Crippen molar-refractivity contribution in [2.75, 3.05) is 92.4 Å². The van der Waals surface area contributed by atoms with E-state index in [0.29, 0.717) is 6.61 Å². The Labute approximate surface area is 318 Å². The molecule has 304 valence electrons. The lowest BCUT2D eigenvalue weighted by Gasteiger charge is -2.08. The predicted octanol–water partition coefficient (Wildman–Crippen LogP) is 0.296. The molecule has 0 aliphatic heterocycles. The average Bonchev–Trinajstić information content (AvgIpc) is 3.15. The van der Waals surface area contributed by atoms with Gasteiger partial charge in [-0.3, -0.25) is 14.4 Å². The first kappa shape index (κ1) is 51.4. The summed E-state index contributed by atoms with van der Waals surface area (Å²) in [5, 5.41) is 27.1. The topological polar surface area (TPSA) is 275 Å². The van der Waals surface area contributed by atoms with Crippen molar-refractivity contribution in [3.8, 4) is 0 Å². The number of rotatable bonds is 27. The molecule has 0 fully saturated rings. The average molecular weight is 793 g/mol. The summed E-state index contributed by atoms with van der Waals surface area (Å²) in [6.45, 7) is 0.595. The van der Waals surface area contributed by atoms with E-state index >= 15 is 0 Å². The van der Waals surface area contributed by atoms with Crippen molar-refractivity contribution in [1.29, 1.82) is 0 Å². The second kappa shape index (κ2) is 36.6. The maximum Gasteiger partial charge on any atom is 0.329 e. The van der Waals surface area contributed by atoms with Crippen LogP contribution in [0.2, 0.25) is 0 Å². The molecule has 0 radical (unpaired) electrons. The molecule has 0 unspecified atom stereocenters. The Kier molecular flexibility index (Phi) is 34.8. The highest BCUT2D eigenvalue weighted by Gasteiger charge is 2.07. The number of halogens is 1. The first-order chi connectivity index (χ1) is 25.5. The lowest BCUT2D eigenvalue weighted by atomic mass is 10.2. The Hall–Kier alpha value is -4.73. The molecular formula is C34H49ClN2O17. The zero-order valence-corrected chi connectivity index (χ0v) is 30.4. The van der Waals surface area contributed by atoms with Crippen molar-refractivity contribution in [1.82, 2.24) is 5.32 Å². The van der Waals surface area contributed by atoms with E-state index in [4.69, 9.17) is 49.5 Å². The van der Waals surface area contributed by atoms with E-state index in [9.17, 15) is 28.8 Å². The maximum atomic E-state index is 11.5. The van der Waals surface area contributed by atoms with Crippen LogP contribution in [0, 0.1) is 0 Å². The van der Waals surface area contributed by atoms with Gasteiger partial charge in [0, 0.05) is 0 Å². The Balaban J connectivity index is 0. The van der Waals surface area contributed by atoms with Gasteiger partial charge in [0.15, 0.2) is 0 Å². The van der Waals surface area contributed by atoms with Crippen LogP contribution in [-0.2, 0) is 79.9 Å². The van der Waals surface area contributed by atoms with Gasteiger partial charge in [-0.05, 0) is 11.1 Å². The number of carbonyl (C=O) groups excluding carboxylic acids is 3. The fraction of sp³-hybridized carbons (Fsp3) is 0.471. The van der Waals surface area contributed by atoms with Crippen LogP contribution in [-0.4, -0.2) is 143 Å². The second-order valence-electron chi connectivity index (χ2n) is 9.89. The normalized spacial score (nSPS) is 9.87. The molecule has 0 bridgehead atoms. The molecule has 0 saturated heterocycles. The highest BCUT2D eigenvalue weighted by Crippen LogP contribution is 2.01. The minimum Gasteiger partial charge on any atom is -0.480 e. The molecule has 1 amide bonds. The van der Waals surface area contributed by atoms with Gasteiger partial charge in [-0.25, -0.2) is 14.4 Å². The Bertz CT molecular complexity index is 1270. The fourth-order valence-electron chi connectivity index (χ4n) is 3.13. The van der Waals surface area contributed by atoms with Crippen molar-refractivity contribution < 1.29 is 82.0 Å². The molecule has 2 rings (SSSR count). The lowest BCUT2D eigenvalue weighted by Crippen LogP contribution is -2.33. The van der Waals surface area contributed by atoms with Crippen molar-refractivity contribution in [3.63, 3.8) is 0 Å². The zero-order valence-electron chi connectivity index (χ0n) is 29.6. The molecule has 19 nitrogen and oxygen atoms in total. The minimum atomic E-state index is -1.04. The lowest BCUT2D eigenvalue weighted by molar-refractivity contribution is -0.146. The van der Waals surface area contributed by atoms with Crippen LogP contribution in [0.3, 0.4) is 0 Å². The quantitative estimate of drug-likeness (QED) is 0.0601. The van der Waals surface area contributed by atoms with E-state index < -0.39 is 29.8 Å². The Morgan fingerprint density at radius 3 is 1.19 bits per heavy atom. The van der Waals surface area contributed by atoms with Gasteiger partial charge in [0.1, 0.15) is 46.2 Å². The van der Waals surface area contributed by atoms with E-state index in [0.717, 1.165) is 11.1 Å². The van der Waals surface area contributed by atoms with Gasteiger partial charge in [-0.2, -0.15) is 0 Å². The zero-order chi connectivity index (χ0) is 39.4. The maximum absolute atomic E-state index is 11.5. The molecule has 0 saturated carbocycles. The van der Waals surface area contributed by atoms with Gasteiger partial charge in [0.05, 0.1) is 59.4 Å². The summed E-state index contributed by atoms with van der Waals surface area (Å²) in [7, 11) is 0. The molecule has 2 aromatic carbocycles. The van der Waals surface area contributed by atoms with Gasteiger partial charge in [0.2, 0.25) is 5.91 Å². The van der Waals surface area contributed by atoms with Gasteiger partial charge in [-0.1, -0.05) is 60.7 Å². The molecule has 0 aliphatic rings. The number of aliphatic carboxylic acids is 3. The number of ether oxygens (including phenoxy) is 8. The summed E-state index contributed by atoms with van der Waals surface area (Å²) >= 11 is 0. The third-order valence-electron chi connectivity index (χ3n) is 5.48. The van der Waals surface area contributed by atoms with E-state index in [2.05, 4.69) is 14.8 Å². The number of amides is 1. The van der Waals surface area contributed by atoms with Crippen molar-refractivity contribution in [3.05, 3.63) is 71.8 Å². The van der Waals surface area contributed by atoms with E-state index in [1.54, 1.807) is 0 Å². The number of hydrogen-bond acceptors (Lipinski definition) is 15. The van der Waals surface area contributed by atoms with Gasteiger partial charge in [0.25, 0.3) is 0 Å². The monoisotopic (exact) mass is 792 g/mol. The third kappa shape index (κ3) is 37.0. The molecule has 0 heterocycles. The molecule has 0 spiro atoms. The van der Waals surface area contributed by atoms with Gasteiger partial charge in [-0.15, -0.1) is 12.4 Å². The van der Waals surface area contributed by atoms with E-state index in [-0.39, 0.29) is 117 Å². The highest BCUT2D eigenvalue weighted by atomic mass is 35.5. The second-order valence-corrected chi connectivity index (χ2v) is 9.89. The number of hydrogen-bond donors (Lipinski definition) is 5. The van der Waals surface area contributed by atoms with Crippen LogP contribution in [0.15, 0.2) is 60.7 Å². The van der Waals surface area contributed by atoms with Gasteiger partial charge < -0.3 is 64.3 Å². The third-order valence-corrected chi connectivity index (χ3v) is 5.48. The molecule has 6 N–H and O–H groups in total. The SMILES string of the molecule is Cl.NCC(=O)OCc1ccccc1.O=C(O)COCCOCCOCC(=O)NCC(=O)OCc1ccccc1.O=C(O)COCCOCCOCC(=O)O. The summed E-state index contributed by atoms with van der Waals surface area (Å²) in [5.41, 5.74) is 6.90. The first-order valence-corrected chi connectivity index (χ1v) is 16.0. The molecule has 0 aliphatic carbocycles. The van der Waals surface area contributed by atoms with E-state index in [1.165, 1.54) is 0 Å². The van der Waals surface area contributed by atoms with Crippen molar-refractivity contribution in [2.45, 2.75) is 13.2 Å². The van der Waals surface area contributed by atoms with Crippen molar-refractivity contribution >= 4 is 48.2 Å². The van der Waals surface area contributed by atoms with Crippen LogP contribution in [0.25, 0.3) is 0 Å². The van der Waals surface area contributed by atoms with E-state index in [1.807, 2.05) is 60.7 Å². The summed E-state index contributed by atoms with van der Waals surface area (Å²) < 4.78 is 39.1. The molecule has 20 heteroatoms. The summed E-state index contributed by atoms with van der Waals surface area (Å²) in [6, 6.07) is 18.7.